The molecule has 0 radical (unpaired) electrons. The molecule has 1 spiro atoms. The van der Waals surface area contributed by atoms with Crippen molar-refractivity contribution < 1.29 is 9.53 Å². The lowest BCUT2D eigenvalue weighted by molar-refractivity contribution is -0.163. The van der Waals surface area contributed by atoms with Crippen molar-refractivity contribution in [3.8, 4) is 5.75 Å². The van der Waals surface area contributed by atoms with Crippen LogP contribution in [0.1, 0.15) is 18.4 Å². The van der Waals surface area contributed by atoms with Gasteiger partial charge in [-0.3, -0.25) is 4.79 Å². The molecule has 102 valence electrons. The molecule has 1 amide bonds. The third-order valence-electron chi connectivity index (χ3n) is 4.24. The number of rotatable bonds is 3. The monoisotopic (exact) mass is 260 g/mol. The number of carbonyl (C=O) groups is 1. The molecule has 2 aliphatic heterocycles. The Morgan fingerprint density at radius 1 is 1.37 bits per heavy atom. The summed E-state index contributed by atoms with van der Waals surface area (Å²) in [5.41, 5.74) is 1.07. The summed E-state index contributed by atoms with van der Waals surface area (Å²) in [4.78, 5) is 14.3. The van der Waals surface area contributed by atoms with E-state index < -0.39 is 0 Å². The molecular formula is C15H20N2O2. The first kappa shape index (κ1) is 12.5. The lowest BCUT2D eigenvalue weighted by Gasteiger charge is -2.51. The predicted octanol–water partition coefficient (Wildman–Crippen LogP) is 1.41. The molecule has 1 N–H and O–H groups in total. The summed E-state index contributed by atoms with van der Waals surface area (Å²) in [5, 5.41) is 3.34. The van der Waals surface area contributed by atoms with Crippen molar-refractivity contribution in [2.75, 3.05) is 26.7 Å². The number of carbonyl (C=O) groups excluding carboxylic acids is 1. The number of nitrogens with one attached hydrogen (secondary N) is 1. The molecule has 2 fully saturated rings. The fourth-order valence-electron chi connectivity index (χ4n) is 3.11. The lowest BCUT2D eigenvalue weighted by Crippen LogP contribution is -2.66. The maximum absolute atomic E-state index is 12.3. The minimum atomic E-state index is -0.0925. The molecule has 0 bridgehead atoms. The van der Waals surface area contributed by atoms with Crippen molar-refractivity contribution in [3.05, 3.63) is 29.8 Å². The van der Waals surface area contributed by atoms with Gasteiger partial charge in [-0.1, -0.05) is 12.1 Å². The summed E-state index contributed by atoms with van der Waals surface area (Å²) in [7, 11) is 1.66. The number of methoxy groups -OCH3 is 1. The number of ether oxygens (including phenoxy) is 1. The predicted molar refractivity (Wildman–Crippen MR) is 72.9 cm³/mol. The Morgan fingerprint density at radius 3 is 2.74 bits per heavy atom. The molecule has 1 aromatic rings. The number of hydrogen-bond acceptors (Lipinski definition) is 3. The zero-order valence-corrected chi connectivity index (χ0v) is 11.3. The smallest absolute Gasteiger partial charge is 0.232 e. The van der Waals surface area contributed by atoms with E-state index in [1.165, 1.54) is 0 Å². The van der Waals surface area contributed by atoms with Crippen LogP contribution in [0, 0.1) is 5.41 Å². The molecule has 1 atom stereocenters. The van der Waals surface area contributed by atoms with Crippen LogP contribution in [0.3, 0.4) is 0 Å². The van der Waals surface area contributed by atoms with Crippen LogP contribution in [0.2, 0.25) is 0 Å². The van der Waals surface area contributed by atoms with Crippen molar-refractivity contribution >= 4 is 5.91 Å². The van der Waals surface area contributed by atoms with Crippen LogP contribution in [-0.2, 0) is 11.3 Å². The van der Waals surface area contributed by atoms with E-state index in [1.54, 1.807) is 7.11 Å². The SMILES string of the molecule is COc1ccc(CN2CC3(CCCNC3)C2=O)cc1. The van der Waals surface area contributed by atoms with Gasteiger partial charge in [-0.2, -0.15) is 0 Å². The van der Waals surface area contributed by atoms with E-state index in [9.17, 15) is 4.79 Å². The average molecular weight is 260 g/mol. The van der Waals surface area contributed by atoms with E-state index in [0.717, 1.165) is 43.8 Å². The Labute approximate surface area is 113 Å². The van der Waals surface area contributed by atoms with E-state index in [4.69, 9.17) is 4.74 Å². The van der Waals surface area contributed by atoms with Gasteiger partial charge >= 0.3 is 0 Å². The highest BCUT2D eigenvalue weighted by Crippen LogP contribution is 2.38. The van der Waals surface area contributed by atoms with Gasteiger partial charge in [-0.05, 0) is 37.1 Å². The first-order valence-corrected chi connectivity index (χ1v) is 6.87. The molecule has 3 rings (SSSR count). The fourth-order valence-corrected chi connectivity index (χ4v) is 3.11. The minimum Gasteiger partial charge on any atom is -0.497 e. The van der Waals surface area contributed by atoms with Gasteiger partial charge in [0.25, 0.3) is 0 Å². The Kier molecular flexibility index (Phi) is 3.19. The highest BCUT2D eigenvalue weighted by Gasteiger charge is 2.51. The molecule has 0 saturated carbocycles. The number of nitrogens with zero attached hydrogens (tertiary/aromatic N) is 1. The van der Waals surface area contributed by atoms with Crippen molar-refractivity contribution in [1.29, 1.82) is 0 Å². The van der Waals surface area contributed by atoms with Crippen molar-refractivity contribution in [2.24, 2.45) is 5.41 Å². The van der Waals surface area contributed by atoms with Crippen LogP contribution < -0.4 is 10.1 Å². The largest absolute Gasteiger partial charge is 0.497 e. The maximum Gasteiger partial charge on any atom is 0.232 e. The van der Waals surface area contributed by atoms with Crippen molar-refractivity contribution in [2.45, 2.75) is 19.4 Å². The fraction of sp³-hybridized carbons (Fsp3) is 0.533. The van der Waals surface area contributed by atoms with Gasteiger partial charge in [0, 0.05) is 19.6 Å². The third-order valence-corrected chi connectivity index (χ3v) is 4.24. The van der Waals surface area contributed by atoms with E-state index in [-0.39, 0.29) is 5.41 Å². The Hall–Kier alpha value is -1.55. The maximum atomic E-state index is 12.3. The van der Waals surface area contributed by atoms with Crippen LogP contribution in [0.25, 0.3) is 0 Å². The second-order valence-electron chi connectivity index (χ2n) is 5.57. The van der Waals surface area contributed by atoms with Crippen molar-refractivity contribution in [3.63, 3.8) is 0 Å². The van der Waals surface area contributed by atoms with E-state index >= 15 is 0 Å². The van der Waals surface area contributed by atoms with Gasteiger partial charge in [0.15, 0.2) is 0 Å². The van der Waals surface area contributed by atoms with Crippen molar-refractivity contribution in [1.82, 2.24) is 10.2 Å². The first-order chi connectivity index (χ1) is 9.23. The number of amides is 1. The Bertz CT molecular complexity index is 464. The topological polar surface area (TPSA) is 41.6 Å². The van der Waals surface area contributed by atoms with Crippen LogP contribution >= 0.6 is 0 Å². The molecule has 19 heavy (non-hydrogen) atoms. The molecule has 2 heterocycles. The number of piperidine rings is 1. The summed E-state index contributed by atoms with van der Waals surface area (Å²) >= 11 is 0. The van der Waals surface area contributed by atoms with Crippen LogP contribution in [-0.4, -0.2) is 37.6 Å². The standard InChI is InChI=1S/C15H20N2O2/c1-19-13-5-3-12(4-6-13)9-17-11-15(14(17)18)7-2-8-16-10-15/h3-6,16H,2,7-11H2,1H3. The highest BCUT2D eigenvalue weighted by atomic mass is 16.5. The Balaban J connectivity index is 1.61. The third kappa shape index (κ3) is 2.21. The molecular weight excluding hydrogens is 240 g/mol. The number of β-lactam (4-membered cyclic amide) rings is 1. The summed E-state index contributed by atoms with van der Waals surface area (Å²) in [5.74, 6) is 1.17. The molecule has 2 saturated heterocycles. The number of likely N-dealkylation sites (tertiary alicyclic amines) is 1. The average Bonchev–Trinajstić information content (AvgIpc) is 2.48. The van der Waals surface area contributed by atoms with Gasteiger partial charge in [0.2, 0.25) is 5.91 Å². The molecule has 1 unspecified atom stereocenters. The number of hydrogen-bond donors (Lipinski definition) is 1. The molecule has 0 aliphatic carbocycles. The zero-order chi connectivity index (χ0) is 13.3. The zero-order valence-electron chi connectivity index (χ0n) is 11.3. The quantitative estimate of drug-likeness (QED) is 0.835. The van der Waals surface area contributed by atoms with Gasteiger partial charge in [-0.25, -0.2) is 0 Å². The molecule has 0 aromatic heterocycles. The highest BCUT2D eigenvalue weighted by molar-refractivity contribution is 5.89. The van der Waals surface area contributed by atoms with Crippen LogP contribution in [0.4, 0.5) is 0 Å². The summed E-state index contributed by atoms with van der Waals surface area (Å²) < 4.78 is 5.14. The second kappa shape index (κ2) is 4.85. The van der Waals surface area contributed by atoms with E-state index in [1.807, 2.05) is 29.2 Å². The lowest BCUT2D eigenvalue weighted by atomic mass is 9.73. The molecule has 1 aromatic carbocycles. The Morgan fingerprint density at radius 2 is 2.16 bits per heavy atom. The van der Waals surface area contributed by atoms with Crippen LogP contribution in [0.15, 0.2) is 24.3 Å². The molecule has 4 heteroatoms. The minimum absolute atomic E-state index is 0.0925. The van der Waals surface area contributed by atoms with E-state index in [2.05, 4.69) is 5.32 Å². The number of benzene rings is 1. The van der Waals surface area contributed by atoms with Gasteiger partial charge < -0.3 is 15.0 Å². The van der Waals surface area contributed by atoms with Gasteiger partial charge in [0.05, 0.1) is 12.5 Å². The van der Waals surface area contributed by atoms with E-state index in [0.29, 0.717) is 12.5 Å². The van der Waals surface area contributed by atoms with Crippen LogP contribution in [0.5, 0.6) is 5.75 Å². The first-order valence-electron chi connectivity index (χ1n) is 6.87. The normalized spacial score (nSPS) is 26.4. The summed E-state index contributed by atoms with van der Waals surface area (Å²) in [6.07, 6.45) is 2.15. The summed E-state index contributed by atoms with van der Waals surface area (Å²) in [6, 6.07) is 7.93. The van der Waals surface area contributed by atoms with Gasteiger partial charge in [0.1, 0.15) is 5.75 Å². The summed E-state index contributed by atoms with van der Waals surface area (Å²) in [6.45, 7) is 3.51. The van der Waals surface area contributed by atoms with Gasteiger partial charge in [-0.15, -0.1) is 0 Å². The molecule has 2 aliphatic rings. The molecule has 4 nitrogen and oxygen atoms in total. The second-order valence-corrected chi connectivity index (χ2v) is 5.57.